The van der Waals surface area contributed by atoms with Gasteiger partial charge in [0.1, 0.15) is 0 Å². The lowest BCUT2D eigenvalue weighted by Gasteiger charge is -2.22. The van der Waals surface area contributed by atoms with Crippen molar-refractivity contribution in [3.8, 4) is 6.07 Å². The predicted molar refractivity (Wildman–Crippen MR) is 83.3 cm³/mol. The molecule has 0 saturated carbocycles. The highest BCUT2D eigenvalue weighted by atomic mass is 32.1. The number of carbonyl (C=O) groups excluding carboxylic acids is 1. The van der Waals surface area contributed by atoms with E-state index >= 15 is 0 Å². The molecule has 1 atom stereocenters. The van der Waals surface area contributed by atoms with Gasteiger partial charge in [-0.1, -0.05) is 6.07 Å². The molecule has 0 radical (unpaired) electrons. The van der Waals surface area contributed by atoms with E-state index in [4.69, 9.17) is 5.73 Å². The smallest absolute Gasteiger partial charge is 0.357 e. The molecule has 0 bridgehead atoms. The molecule has 0 aliphatic heterocycles. The van der Waals surface area contributed by atoms with Crippen molar-refractivity contribution >= 4 is 28.9 Å². The minimum absolute atomic E-state index is 0.245. The number of hydrogen-bond donors (Lipinski definition) is 2. The van der Waals surface area contributed by atoms with Crippen LogP contribution in [0.4, 0.5) is 11.6 Å². The predicted octanol–water partition coefficient (Wildman–Crippen LogP) is 0.499. The zero-order valence-corrected chi connectivity index (χ0v) is 13.1. The number of aromatic nitrogens is 2. The number of nitriles is 1. The average molecular weight is 349 g/mol. The van der Waals surface area contributed by atoms with Gasteiger partial charge < -0.3 is 10.5 Å². The third kappa shape index (κ3) is 2.82. The summed E-state index contributed by atoms with van der Waals surface area (Å²) in [5, 5.41) is 22.6. The van der Waals surface area contributed by atoms with Crippen LogP contribution in [0, 0.1) is 21.4 Å². The highest BCUT2D eigenvalue weighted by molar-refractivity contribution is 7.09. The van der Waals surface area contributed by atoms with E-state index in [1.165, 1.54) is 11.3 Å². The fraction of sp³-hybridized carbons (Fsp3) is 0.231. The standard InChI is InChI=1S/C13H11N5O5S/c1-23-11(20)13(6-14,5-7-3-2-4-24-7)9-8(18(21)22)10(19)17-12(15)16-9/h2-4H,5H2,1H3,(H3,15,16,17,19). The van der Waals surface area contributed by atoms with Crippen LogP contribution in [-0.2, 0) is 21.4 Å². The zero-order valence-electron chi connectivity index (χ0n) is 12.3. The molecule has 124 valence electrons. The maximum absolute atomic E-state index is 12.3. The van der Waals surface area contributed by atoms with Crippen molar-refractivity contribution in [1.82, 2.24) is 9.97 Å². The number of aromatic amines is 1. The van der Waals surface area contributed by atoms with Crippen LogP contribution >= 0.6 is 11.3 Å². The Morgan fingerprint density at radius 1 is 1.67 bits per heavy atom. The minimum Gasteiger partial charge on any atom is -0.468 e. The number of ether oxygens (including phenoxy) is 1. The Balaban J connectivity index is 2.82. The highest BCUT2D eigenvalue weighted by Crippen LogP contribution is 2.34. The number of nitro groups is 1. The normalized spacial score (nSPS) is 12.8. The number of rotatable bonds is 5. The quantitative estimate of drug-likeness (QED) is 0.447. The molecule has 24 heavy (non-hydrogen) atoms. The minimum atomic E-state index is -2.18. The van der Waals surface area contributed by atoms with Crippen molar-refractivity contribution in [3.05, 3.63) is 48.6 Å². The van der Waals surface area contributed by atoms with Crippen LogP contribution in [0.1, 0.15) is 10.6 Å². The van der Waals surface area contributed by atoms with Crippen LogP contribution in [0.5, 0.6) is 0 Å². The molecule has 0 amide bonds. The Morgan fingerprint density at radius 3 is 2.88 bits per heavy atom. The van der Waals surface area contributed by atoms with E-state index in [0.29, 0.717) is 4.88 Å². The first-order chi connectivity index (χ1) is 11.4. The van der Waals surface area contributed by atoms with Crippen LogP contribution in [0.3, 0.4) is 0 Å². The molecular formula is C13H11N5O5S. The van der Waals surface area contributed by atoms with Crippen LogP contribution < -0.4 is 11.3 Å². The average Bonchev–Trinajstić information content (AvgIpc) is 3.03. The van der Waals surface area contributed by atoms with Crippen molar-refractivity contribution < 1.29 is 14.5 Å². The van der Waals surface area contributed by atoms with Gasteiger partial charge in [-0.25, -0.2) is 9.78 Å². The van der Waals surface area contributed by atoms with Crippen LogP contribution in [0.25, 0.3) is 0 Å². The molecule has 0 aromatic carbocycles. The second-order valence-electron chi connectivity index (χ2n) is 4.67. The number of nitrogens with two attached hydrogens (primary N) is 1. The molecule has 0 aliphatic rings. The number of methoxy groups -OCH3 is 1. The van der Waals surface area contributed by atoms with Gasteiger partial charge >= 0.3 is 17.2 Å². The molecule has 0 spiro atoms. The van der Waals surface area contributed by atoms with E-state index < -0.39 is 39.2 Å². The summed E-state index contributed by atoms with van der Waals surface area (Å²) in [5.74, 6) is -1.52. The van der Waals surface area contributed by atoms with E-state index in [0.717, 1.165) is 7.11 Å². The van der Waals surface area contributed by atoms with Crippen LogP contribution in [0.15, 0.2) is 22.3 Å². The number of anilines is 1. The molecule has 11 heteroatoms. The van der Waals surface area contributed by atoms with Gasteiger partial charge in [-0.2, -0.15) is 5.26 Å². The van der Waals surface area contributed by atoms with E-state index in [-0.39, 0.29) is 6.42 Å². The first-order valence-electron chi connectivity index (χ1n) is 6.42. The molecule has 10 nitrogen and oxygen atoms in total. The van der Waals surface area contributed by atoms with E-state index in [9.17, 15) is 25.0 Å². The number of nitrogens with zero attached hydrogens (tertiary/aromatic N) is 3. The van der Waals surface area contributed by atoms with Gasteiger partial charge in [0, 0.05) is 11.3 Å². The summed E-state index contributed by atoms with van der Waals surface area (Å²) in [7, 11) is 1.03. The molecule has 3 N–H and O–H groups in total. The van der Waals surface area contributed by atoms with Gasteiger partial charge in [0.15, 0.2) is 5.69 Å². The van der Waals surface area contributed by atoms with Gasteiger partial charge in [0.05, 0.1) is 18.1 Å². The van der Waals surface area contributed by atoms with Gasteiger partial charge in [0.25, 0.3) is 0 Å². The summed E-state index contributed by atoms with van der Waals surface area (Å²) in [5.41, 5.74) is 0.452. The number of H-pyrrole nitrogens is 1. The van der Waals surface area contributed by atoms with Crippen molar-refractivity contribution in [2.24, 2.45) is 0 Å². The van der Waals surface area contributed by atoms with Crippen molar-refractivity contribution in [1.29, 1.82) is 5.26 Å². The molecule has 2 rings (SSSR count). The molecule has 0 saturated heterocycles. The van der Waals surface area contributed by atoms with E-state index in [2.05, 4.69) is 9.72 Å². The SMILES string of the molecule is COC(=O)C(C#N)(Cc1cccs1)c1nc(N)[nH]c(=O)c1[N+](=O)[O-]. The number of nitrogens with one attached hydrogen (secondary N) is 1. The third-order valence-electron chi connectivity index (χ3n) is 3.24. The Bertz CT molecular complexity index is 885. The van der Waals surface area contributed by atoms with Crippen LogP contribution in [0.2, 0.25) is 0 Å². The number of thiophene rings is 1. The number of esters is 1. The van der Waals surface area contributed by atoms with Crippen molar-refractivity contribution in [3.63, 3.8) is 0 Å². The second kappa shape index (κ2) is 6.47. The molecule has 0 aliphatic carbocycles. The Hall–Kier alpha value is -3.26. The van der Waals surface area contributed by atoms with Crippen molar-refractivity contribution in [2.45, 2.75) is 11.8 Å². The van der Waals surface area contributed by atoms with Gasteiger partial charge in [-0.05, 0) is 11.4 Å². The Labute approximate surface area is 138 Å². The van der Waals surface area contributed by atoms with Crippen molar-refractivity contribution in [2.75, 3.05) is 12.8 Å². The molecule has 2 aromatic heterocycles. The largest absolute Gasteiger partial charge is 0.468 e. The maximum Gasteiger partial charge on any atom is 0.357 e. The molecular weight excluding hydrogens is 338 g/mol. The van der Waals surface area contributed by atoms with E-state index in [1.54, 1.807) is 23.6 Å². The van der Waals surface area contributed by atoms with Gasteiger partial charge in [-0.3, -0.25) is 19.9 Å². The van der Waals surface area contributed by atoms with E-state index in [1.807, 2.05) is 4.98 Å². The second-order valence-corrected chi connectivity index (χ2v) is 5.70. The zero-order chi connectivity index (χ0) is 17.9. The fourth-order valence-electron chi connectivity index (χ4n) is 2.19. The van der Waals surface area contributed by atoms with Crippen LogP contribution in [-0.4, -0.2) is 28.0 Å². The first kappa shape index (κ1) is 17.1. The number of nitrogen functional groups attached to an aromatic ring is 1. The Kier molecular flexibility index (Phi) is 4.61. The lowest BCUT2D eigenvalue weighted by molar-refractivity contribution is -0.387. The third-order valence-corrected chi connectivity index (χ3v) is 4.12. The first-order valence-corrected chi connectivity index (χ1v) is 7.30. The summed E-state index contributed by atoms with van der Waals surface area (Å²) in [4.78, 5) is 40.8. The highest BCUT2D eigenvalue weighted by Gasteiger charge is 2.50. The fourth-order valence-corrected chi connectivity index (χ4v) is 2.98. The summed E-state index contributed by atoms with van der Waals surface area (Å²) in [6.45, 7) is 0. The number of hydrogen-bond acceptors (Lipinski definition) is 9. The molecule has 2 aromatic rings. The lowest BCUT2D eigenvalue weighted by atomic mass is 9.81. The van der Waals surface area contributed by atoms with Gasteiger partial charge in [-0.15, -0.1) is 11.3 Å². The summed E-state index contributed by atoms with van der Waals surface area (Å²) < 4.78 is 4.65. The summed E-state index contributed by atoms with van der Waals surface area (Å²) in [6, 6.07) is 5.06. The molecule has 1 unspecified atom stereocenters. The summed E-state index contributed by atoms with van der Waals surface area (Å²) >= 11 is 1.24. The lowest BCUT2D eigenvalue weighted by Crippen LogP contribution is -2.41. The monoisotopic (exact) mass is 349 g/mol. The Morgan fingerprint density at radius 2 is 2.38 bits per heavy atom. The topological polar surface area (TPSA) is 165 Å². The number of carbonyl (C=O) groups is 1. The molecule has 0 fully saturated rings. The maximum atomic E-state index is 12.3. The summed E-state index contributed by atoms with van der Waals surface area (Å²) in [6.07, 6.45) is -0.245. The van der Waals surface area contributed by atoms with Gasteiger partial charge in [0.2, 0.25) is 11.4 Å². The molecule has 2 heterocycles.